The molecule has 1 aliphatic carbocycles. The van der Waals surface area contributed by atoms with Crippen LogP contribution in [0.15, 0.2) is 30.3 Å². The molecule has 1 aromatic carbocycles. The first-order valence-electron chi connectivity index (χ1n) is 12.9. The third-order valence-electron chi connectivity index (χ3n) is 5.60. The van der Waals surface area contributed by atoms with Crippen molar-refractivity contribution in [1.29, 1.82) is 0 Å². The Morgan fingerprint density at radius 2 is 1.65 bits per heavy atom. The lowest BCUT2D eigenvalue weighted by Crippen LogP contribution is -2.30. The Hall–Kier alpha value is -3.36. The maximum Gasteiger partial charge on any atom is 0.435 e. The highest BCUT2D eigenvalue weighted by atomic mass is 16.6. The fraction of sp³-hybridized carbons (Fsp3) is 0.571. The van der Waals surface area contributed by atoms with Gasteiger partial charge in [-0.3, -0.25) is 9.59 Å². The molecule has 0 saturated heterocycles. The largest absolute Gasteiger partial charge is 0.494 e. The molecular formula is C28H39N3O6. The van der Waals surface area contributed by atoms with Gasteiger partial charge < -0.3 is 19.5 Å². The van der Waals surface area contributed by atoms with E-state index in [0.29, 0.717) is 31.0 Å². The number of aromatic nitrogens is 2. The summed E-state index contributed by atoms with van der Waals surface area (Å²) in [5.74, 6) is 0.757. The molecule has 0 bridgehead atoms. The van der Waals surface area contributed by atoms with E-state index in [0.717, 1.165) is 30.5 Å². The molecule has 1 N–H and O–H groups in total. The number of hydrogen-bond donors (Lipinski definition) is 1. The Kier molecular flexibility index (Phi) is 8.99. The van der Waals surface area contributed by atoms with Crippen LogP contribution in [0.25, 0.3) is 0 Å². The molecule has 9 nitrogen and oxygen atoms in total. The summed E-state index contributed by atoms with van der Waals surface area (Å²) in [7, 11) is 0. The Balaban J connectivity index is 1.50. The van der Waals surface area contributed by atoms with Crippen molar-refractivity contribution in [1.82, 2.24) is 9.78 Å². The van der Waals surface area contributed by atoms with E-state index in [1.165, 1.54) is 4.68 Å². The molecule has 2 aromatic rings. The molecule has 1 saturated carbocycles. The molecule has 37 heavy (non-hydrogen) atoms. The molecule has 0 spiro atoms. The number of hydrogen-bond acceptors (Lipinski definition) is 7. The molecule has 0 unspecified atom stereocenters. The number of nitrogens with one attached hydrogen (secondary N) is 1. The van der Waals surface area contributed by atoms with Crippen molar-refractivity contribution in [3.8, 4) is 5.75 Å². The standard InChI is InChI=1S/C28H39N3O6/c1-27(2,3)36-25(33)11-8-16-35-21-14-12-19(13-15-21)17-24(32)29-23-18-22(20-9-7-10-20)31(30-23)26(34)37-28(4,5)6/h12-15,18,20H,7-11,16-17H2,1-6H3,(H,29,30,32). The SMILES string of the molecule is CC(C)(C)OC(=O)CCCOc1ccc(CC(=O)Nc2cc(C3CCC3)n(C(=O)OC(C)(C)C)n2)cc1. The van der Waals surface area contributed by atoms with E-state index in [-0.39, 0.29) is 24.2 Å². The maximum absolute atomic E-state index is 12.7. The zero-order valence-corrected chi connectivity index (χ0v) is 22.8. The first-order valence-corrected chi connectivity index (χ1v) is 12.9. The molecule has 0 atom stereocenters. The number of anilines is 1. The number of nitrogens with zero attached hydrogens (tertiary/aromatic N) is 2. The molecule has 1 amide bonds. The zero-order valence-electron chi connectivity index (χ0n) is 22.8. The van der Waals surface area contributed by atoms with Crippen LogP contribution in [0.4, 0.5) is 10.6 Å². The number of amides is 1. The van der Waals surface area contributed by atoms with Gasteiger partial charge in [-0.25, -0.2) is 4.79 Å². The number of benzene rings is 1. The van der Waals surface area contributed by atoms with Gasteiger partial charge in [-0.15, -0.1) is 5.10 Å². The molecule has 1 aromatic heterocycles. The summed E-state index contributed by atoms with van der Waals surface area (Å²) in [5, 5.41) is 7.13. The lowest BCUT2D eigenvalue weighted by atomic mass is 9.83. The fourth-order valence-corrected chi connectivity index (χ4v) is 3.78. The molecule has 0 aliphatic heterocycles. The summed E-state index contributed by atoms with van der Waals surface area (Å²) in [6.45, 7) is 11.3. The highest BCUT2D eigenvalue weighted by Gasteiger charge is 2.29. The van der Waals surface area contributed by atoms with E-state index in [1.54, 1.807) is 39.0 Å². The van der Waals surface area contributed by atoms with Crippen molar-refractivity contribution < 1.29 is 28.6 Å². The number of esters is 1. The molecular weight excluding hydrogens is 474 g/mol. The van der Waals surface area contributed by atoms with Crippen LogP contribution in [0.3, 0.4) is 0 Å². The Bertz CT molecular complexity index is 1090. The normalized spacial score (nSPS) is 14.0. The van der Waals surface area contributed by atoms with Crippen LogP contribution in [0, 0.1) is 0 Å². The molecule has 1 aliphatic rings. The predicted molar refractivity (Wildman–Crippen MR) is 140 cm³/mol. The topological polar surface area (TPSA) is 109 Å². The second kappa shape index (κ2) is 11.8. The quantitative estimate of drug-likeness (QED) is 0.343. The van der Waals surface area contributed by atoms with Gasteiger partial charge in [-0.05, 0) is 78.5 Å². The van der Waals surface area contributed by atoms with Crippen molar-refractivity contribution >= 4 is 23.8 Å². The molecule has 9 heteroatoms. The lowest BCUT2D eigenvalue weighted by molar-refractivity contribution is -0.155. The van der Waals surface area contributed by atoms with E-state index in [1.807, 2.05) is 32.9 Å². The summed E-state index contributed by atoms with van der Waals surface area (Å²) in [4.78, 5) is 37.1. The minimum Gasteiger partial charge on any atom is -0.494 e. The molecule has 0 radical (unpaired) electrons. The Morgan fingerprint density at radius 3 is 2.22 bits per heavy atom. The highest BCUT2D eigenvalue weighted by molar-refractivity contribution is 5.91. The van der Waals surface area contributed by atoms with Gasteiger partial charge in [-0.2, -0.15) is 4.68 Å². The van der Waals surface area contributed by atoms with Crippen LogP contribution in [0.1, 0.15) is 90.8 Å². The summed E-state index contributed by atoms with van der Waals surface area (Å²) in [5.41, 5.74) is 0.447. The average molecular weight is 514 g/mol. The van der Waals surface area contributed by atoms with Crippen LogP contribution in [0.5, 0.6) is 5.75 Å². The fourth-order valence-electron chi connectivity index (χ4n) is 3.78. The van der Waals surface area contributed by atoms with Crippen LogP contribution in [-0.2, 0) is 25.5 Å². The molecule has 1 heterocycles. The van der Waals surface area contributed by atoms with Gasteiger partial charge in [0, 0.05) is 18.4 Å². The average Bonchev–Trinajstić information content (AvgIpc) is 3.11. The van der Waals surface area contributed by atoms with Crippen LogP contribution in [0.2, 0.25) is 0 Å². The first-order chi connectivity index (χ1) is 17.3. The third-order valence-corrected chi connectivity index (χ3v) is 5.60. The summed E-state index contributed by atoms with van der Waals surface area (Å²) >= 11 is 0. The summed E-state index contributed by atoms with van der Waals surface area (Å²) < 4.78 is 17.7. The van der Waals surface area contributed by atoms with Crippen LogP contribution < -0.4 is 10.1 Å². The van der Waals surface area contributed by atoms with Gasteiger partial charge in [-0.1, -0.05) is 18.6 Å². The zero-order chi connectivity index (χ0) is 27.2. The minimum atomic E-state index is -0.642. The third kappa shape index (κ3) is 9.22. The first kappa shape index (κ1) is 28.2. The van der Waals surface area contributed by atoms with Gasteiger partial charge >= 0.3 is 12.1 Å². The van der Waals surface area contributed by atoms with Gasteiger partial charge in [0.25, 0.3) is 0 Å². The van der Waals surface area contributed by atoms with E-state index >= 15 is 0 Å². The Morgan fingerprint density at radius 1 is 1.00 bits per heavy atom. The maximum atomic E-state index is 12.7. The highest BCUT2D eigenvalue weighted by Crippen LogP contribution is 2.37. The van der Waals surface area contributed by atoms with Crippen molar-refractivity contribution in [3.63, 3.8) is 0 Å². The van der Waals surface area contributed by atoms with E-state index in [9.17, 15) is 14.4 Å². The second-order valence-electron chi connectivity index (χ2n) is 11.4. The number of carbonyl (C=O) groups excluding carboxylic acids is 3. The van der Waals surface area contributed by atoms with Crippen molar-refractivity contribution in [2.45, 2.75) is 97.2 Å². The van der Waals surface area contributed by atoms with Gasteiger partial charge in [0.15, 0.2) is 5.82 Å². The van der Waals surface area contributed by atoms with Crippen LogP contribution >= 0.6 is 0 Å². The van der Waals surface area contributed by atoms with E-state index in [2.05, 4.69) is 10.4 Å². The number of ether oxygens (including phenoxy) is 3. The van der Waals surface area contributed by atoms with Crippen molar-refractivity contribution in [3.05, 3.63) is 41.6 Å². The van der Waals surface area contributed by atoms with E-state index in [4.69, 9.17) is 14.2 Å². The molecule has 3 rings (SSSR count). The lowest BCUT2D eigenvalue weighted by Gasteiger charge is -2.26. The second-order valence-corrected chi connectivity index (χ2v) is 11.4. The Labute approximate surface area is 218 Å². The van der Waals surface area contributed by atoms with Gasteiger partial charge in [0.1, 0.15) is 17.0 Å². The number of carbonyl (C=O) groups is 3. The summed E-state index contributed by atoms with van der Waals surface area (Å²) in [6, 6.07) is 8.99. The smallest absolute Gasteiger partial charge is 0.435 e. The van der Waals surface area contributed by atoms with Gasteiger partial charge in [0.2, 0.25) is 5.91 Å². The summed E-state index contributed by atoms with van der Waals surface area (Å²) in [6.07, 6.45) is 3.53. The van der Waals surface area contributed by atoms with E-state index < -0.39 is 17.3 Å². The van der Waals surface area contributed by atoms with Crippen molar-refractivity contribution in [2.24, 2.45) is 0 Å². The van der Waals surface area contributed by atoms with Crippen molar-refractivity contribution in [2.75, 3.05) is 11.9 Å². The molecule has 202 valence electrons. The van der Waals surface area contributed by atoms with Gasteiger partial charge in [0.05, 0.1) is 18.7 Å². The number of rotatable bonds is 9. The minimum absolute atomic E-state index is 0.150. The van der Waals surface area contributed by atoms with Crippen LogP contribution in [-0.4, -0.2) is 45.6 Å². The predicted octanol–water partition coefficient (Wildman–Crippen LogP) is 5.62. The molecule has 1 fully saturated rings. The monoisotopic (exact) mass is 513 g/mol.